The van der Waals surface area contributed by atoms with E-state index < -0.39 is 6.36 Å². The molecule has 5 nitrogen and oxygen atoms in total. The van der Waals surface area contributed by atoms with Crippen molar-refractivity contribution in [3.8, 4) is 11.4 Å². The molecule has 28 heavy (non-hydrogen) atoms. The van der Waals surface area contributed by atoms with Gasteiger partial charge in [-0.3, -0.25) is 4.79 Å². The van der Waals surface area contributed by atoms with Crippen LogP contribution in [0.25, 0.3) is 5.69 Å². The minimum absolute atomic E-state index is 0.220. The maximum atomic E-state index is 12.6. The maximum absolute atomic E-state index is 12.6. The minimum Gasteiger partial charge on any atom is -0.406 e. The van der Waals surface area contributed by atoms with E-state index in [1.807, 2.05) is 0 Å². The second-order valence-electron chi connectivity index (χ2n) is 6.00. The predicted molar refractivity (Wildman–Crippen MR) is 97.5 cm³/mol. The van der Waals surface area contributed by atoms with Crippen molar-refractivity contribution in [1.82, 2.24) is 14.7 Å². The fourth-order valence-electron chi connectivity index (χ4n) is 2.53. The Bertz CT molecular complexity index is 954. The van der Waals surface area contributed by atoms with Gasteiger partial charge in [0.1, 0.15) is 5.75 Å². The van der Waals surface area contributed by atoms with Gasteiger partial charge in [0.25, 0.3) is 5.91 Å². The first-order valence-corrected chi connectivity index (χ1v) is 8.50. The lowest BCUT2D eigenvalue weighted by Crippen LogP contribution is -2.25. The maximum Gasteiger partial charge on any atom is 0.573 e. The molecule has 0 atom stereocenters. The number of ether oxygens (including phenoxy) is 1. The number of amides is 1. The zero-order valence-corrected chi connectivity index (χ0v) is 15.4. The summed E-state index contributed by atoms with van der Waals surface area (Å²) < 4.78 is 42.0. The van der Waals surface area contributed by atoms with Crippen LogP contribution in [0.3, 0.4) is 0 Å². The van der Waals surface area contributed by atoms with Gasteiger partial charge in [-0.1, -0.05) is 23.7 Å². The molecule has 0 fully saturated rings. The molecular formula is C19H15ClF3N3O2. The van der Waals surface area contributed by atoms with Gasteiger partial charge in [-0.15, -0.1) is 13.2 Å². The van der Waals surface area contributed by atoms with Gasteiger partial charge >= 0.3 is 6.36 Å². The van der Waals surface area contributed by atoms with Gasteiger partial charge in [0.05, 0.1) is 17.4 Å². The molecule has 146 valence electrons. The van der Waals surface area contributed by atoms with E-state index in [4.69, 9.17) is 11.6 Å². The number of carbonyl (C=O) groups excluding carboxylic acids is 1. The first-order chi connectivity index (χ1) is 13.2. The predicted octanol–water partition coefficient (Wildman–Crippen LogP) is 4.70. The third-order valence-electron chi connectivity index (χ3n) is 3.84. The van der Waals surface area contributed by atoms with Crippen LogP contribution in [0.15, 0.2) is 60.9 Å². The molecule has 0 unspecified atom stereocenters. The Morgan fingerprint density at radius 2 is 1.79 bits per heavy atom. The molecule has 0 bridgehead atoms. The van der Waals surface area contributed by atoms with Crippen molar-refractivity contribution in [3.05, 3.63) is 77.1 Å². The monoisotopic (exact) mass is 409 g/mol. The zero-order chi connectivity index (χ0) is 20.3. The Balaban J connectivity index is 1.65. The number of hydrogen-bond donors (Lipinski definition) is 0. The summed E-state index contributed by atoms with van der Waals surface area (Å²) in [6, 6.07) is 12.4. The summed E-state index contributed by atoms with van der Waals surface area (Å²) >= 11 is 5.86. The first-order valence-electron chi connectivity index (χ1n) is 8.12. The number of rotatable bonds is 5. The molecule has 1 aromatic heterocycles. The van der Waals surface area contributed by atoms with E-state index >= 15 is 0 Å². The summed E-state index contributed by atoms with van der Waals surface area (Å²) in [5.41, 5.74) is 1.80. The summed E-state index contributed by atoms with van der Waals surface area (Å²) in [4.78, 5) is 14.0. The number of halogens is 4. The van der Waals surface area contributed by atoms with Crippen molar-refractivity contribution < 1.29 is 22.7 Å². The van der Waals surface area contributed by atoms with Gasteiger partial charge in [0.2, 0.25) is 0 Å². The van der Waals surface area contributed by atoms with Gasteiger partial charge in [-0.2, -0.15) is 5.10 Å². The Morgan fingerprint density at radius 3 is 2.39 bits per heavy atom. The van der Waals surface area contributed by atoms with Crippen LogP contribution in [0.2, 0.25) is 5.02 Å². The number of nitrogens with zero attached hydrogens (tertiary/aromatic N) is 3. The van der Waals surface area contributed by atoms with Crippen molar-refractivity contribution in [1.29, 1.82) is 0 Å². The lowest BCUT2D eigenvalue weighted by molar-refractivity contribution is -0.274. The minimum atomic E-state index is -4.74. The van der Waals surface area contributed by atoms with Crippen LogP contribution in [-0.2, 0) is 6.54 Å². The average Bonchev–Trinajstić information content (AvgIpc) is 3.12. The number of carbonyl (C=O) groups is 1. The Kier molecular flexibility index (Phi) is 5.60. The molecule has 0 aliphatic carbocycles. The Labute approximate surface area is 163 Å². The van der Waals surface area contributed by atoms with E-state index in [1.165, 1.54) is 35.4 Å². The van der Waals surface area contributed by atoms with Crippen LogP contribution >= 0.6 is 11.6 Å². The van der Waals surface area contributed by atoms with Gasteiger partial charge in [-0.25, -0.2) is 4.68 Å². The molecule has 0 aliphatic heterocycles. The summed E-state index contributed by atoms with van der Waals surface area (Å²) in [6.07, 6.45) is -1.69. The summed E-state index contributed by atoms with van der Waals surface area (Å²) in [5, 5.41) is 4.77. The fourth-order valence-corrected chi connectivity index (χ4v) is 2.66. The largest absolute Gasteiger partial charge is 0.573 e. The van der Waals surface area contributed by atoms with Crippen molar-refractivity contribution >= 4 is 17.5 Å². The lowest BCUT2D eigenvalue weighted by Gasteiger charge is -2.17. The average molecular weight is 410 g/mol. The van der Waals surface area contributed by atoms with E-state index in [0.717, 1.165) is 5.69 Å². The van der Waals surface area contributed by atoms with Crippen LogP contribution in [-0.4, -0.2) is 34.0 Å². The topological polar surface area (TPSA) is 47.4 Å². The van der Waals surface area contributed by atoms with E-state index in [1.54, 1.807) is 42.2 Å². The smallest absolute Gasteiger partial charge is 0.406 e. The quantitative estimate of drug-likeness (QED) is 0.614. The van der Waals surface area contributed by atoms with Crippen LogP contribution in [0.5, 0.6) is 5.75 Å². The third-order valence-corrected chi connectivity index (χ3v) is 4.10. The first kappa shape index (κ1) is 19.8. The molecule has 0 saturated heterocycles. The van der Waals surface area contributed by atoms with Crippen LogP contribution in [0, 0.1) is 0 Å². The molecule has 1 amide bonds. The van der Waals surface area contributed by atoms with Crippen LogP contribution in [0.4, 0.5) is 13.2 Å². The summed E-state index contributed by atoms with van der Waals surface area (Å²) in [5.74, 6) is -0.578. The fraction of sp³-hybridized carbons (Fsp3) is 0.158. The summed E-state index contributed by atoms with van der Waals surface area (Å²) in [7, 11) is 1.60. The highest BCUT2D eigenvalue weighted by Gasteiger charge is 2.31. The van der Waals surface area contributed by atoms with E-state index in [0.29, 0.717) is 16.1 Å². The van der Waals surface area contributed by atoms with Gasteiger partial charge in [0, 0.05) is 24.8 Å². The van der Waals surface area contributed by atoms with Crippen LogP contribution < -0.4 is 4.74 Å². The van der Waals surface area contributed by atoms with Gasteiger partial charge in [-0.05, 0) is 42.0 Å². The Morgan fingerprint density at radius 1 is 1.14 bits per heavy atom. The standard InChI is InChI=1S/C19H15ClF3N3O2/c1-25(11-13-2-8-17(9-3-13)28-19(21,22)23)18(27)14-10-24-26(12-14)16-6-4-15(20)5-7-16/h2-10,12H,11H2,1H3. The van der Waals surface area contributed by atoms with Crippen molar-refractivity contribution in [3.63, 3.8) is 0 Å². The normalized spacial score (nSPS) is 11.3. The molecule has 0 radical (unpaired) electrons. The second-order valence-corrected chi connectivity index (χ2v) is 6.44. The molecule has 0 N–H and O–H groups in total. The molecule has 9 heteroatoms. The highest BCUT2D eigenvalue weighted by Crippen LogP contribution is 2.23. The lowest BCUT2D eigenvalue weighted by atomic mass is 10.2. The highest BCUT2D eigenvalue weighted by molar-refractivity contribution is 6.30. The SMILES string of the molecule is CN(Cc1ccc(OC(F)(F)F)cc1)C(=O)c1cnn(-c2ccc(Cl)cc2)c1. The number of hydrogen-bond acceptors (Lipinski definition) is 3. The van der Waals surface area contributed by atoms with E-state index in [2.05, 4.69) is 9.84 Å². The highest BCUT2D eigenvalue weighted by atomic mass is 35.5. The molecule has 0 saturated carbocycles. The number of aromatic nitrogens is 2. The third kappa shape index (κ3) is 5.04. The summed E-state index contributed by atoms with van der Waals surface area (Å²) in [6.45, 7) is 0.220. The van der Waals surface area contributed by atoms with Crippen molar-refractivity contribution in [2.45, 2.75) is 12.9 Å². The molecule has 1 heterocycles. The zero-order valence-electron chi connectivity index (χ0n) is 14.7. The van der Waals surface area contributed by atoms with E-state index in [9.17, 15) is 18.0 Å². The molecular weight excluding hydrogens is 395 g/mol. The number of benzene rings is 2. The van der Waals surface area contributed by atoms with Crippen molar-refractivity contribution in [2.24, 2.45) is 0 Å². The molecule has 0 aliphatic rings. The molecule has 2 aromatic carbocycles. The molecule has 0 spiro atoms. The second kappa shape index (κ2) is 7.93. The Hall–Kier alpha value is -3.00. The van der Waals surface area contributed by atoms with Gasteiger partial charge < -0.3 is 9.64 Å². The number of alkyl halides is 3. The van der Waals surface area contributed by atoms with Crippen molar-refractivity contribution in [2.75, 3.05) is 7.05 Å². The molecule has 3 rings (SSSR count). The van der Waals surface area contributed by atoms with Crippen LogP contribution in [0.1, 0.15) is 15.9 Å². The molecule has 3 aromatic rings. The van der Waals surface area contributed by atoms with E-state index in [-0.39, 0.29) is 18.2 Å². The van der Waals surface area contributed by atoms with Gasteiger partial charge in [0.15, 0.2) is 0 Å².